The number of halogens is 3. The number of hydrogen-bond donors (Lipinski definition) is 1. The Kier molecular flexibility index (Phi) is 9.89. The van der Waals surface area contributed by atoms with E-state index in [0.717, 1.165) is 39.3 Å². The van der Waals surface area contributed by atoms with Crippen LogP contribution >= 0.6 is 39.1 Å². The summed E-state index contributed by atoms with van der Waals surface area (Å²) in [5.41, 5.74) is 3.65. The number of nitrogens with one attached hydrogen (secondary N) is 1. The van der Waals surface area contributed by atoms with Crippen molar-refractivity contribution in [3.05, 3.63) is 104 Å². The van der Waals surface area contributed by atoms with Gasteiger partial charge in [-0.2, -0.15) is 0 Å². The molecule has 0 saturated carbocycles. The first-order valence-corrected chi connectivity index (χ1v) is 14.2. The van der Waals surface area contributed by atoms with Crippen molar-refractivity contribution in [2.24, 2.45) is 0 Å². The van der Waals surface area contributed by atoms with Gasteiger partial charge in [0.1, 0.15) is 6.54 Å². The van der Waals surface area contributed by atoms with Gasteiger partial charge in [0.2, 0.25) is 5.91 Å². The number of fused-ring (bicyclic) bond motifs is 1. The average molecular weight is 615 g/mol. The monoisotopic (exact) mass is 613 g/mol. The summed E-state index contributed by atoms with van der Waals surface area (Å²) in [6, 6.07) is 20.8. The van der Waals surface area contributed by atoms with Gasteiger partial charge in [-0.3, -0.25) is 9.59 Å². The van der Waals surface area contributed by atoms with Crippen molar-refractivity contribution < 1.29 is 9.59 Å². The number of hydrogen-bond acceptors (Lipinski definition) is 2. The highest BCUT2D eigenvalue weighted by Crippen LogP contribution is 2.24. The van der Waals surface area contributed by atoms with Crippen LogP contribution < -0.4 is 0 Å². The fraction of sp³-hybridized carbons (Fsp3) is 0.267. The van der Waals surface area contributed by atoms with Crippen molar-refractivity contribution in [3.8, 4) is 0 Å². The Labute approximate surface area is 241 Å². The molecule has 1 N–H and O–H groups in total. The van der Waals surface area contributed by atoms with Crippen LogP contribution in [-0.4, -0.2) is 46.2 Å². The third-order valence-electron chi connectivity index (χ3n) is 6.52. The Morgan fingerprint density at radius 3 is 2.42 bits per heavy atom. The van der Waals surface area contributed by atoms with Gasteiger partial charge in [0.05, 0.1) is 10.0 Å². The van der Waals surface area contributed by atoms with E-state index in [0.29, 0.717) is 41.7 Å². The van der Waals surface area contributed by atoms with Gasteiger partial charge in [-0.05, 0) is 66.4 Å². The molecule has 0 aliphatic carbocycles. The summed E-state index contributed by atoms with van der Waals surface area (Å²) in [7, 11) is 0. The Morgan fingerprint density at radius 2 is 1.68 bits per heavy atom. The first kappa shape index (κ1) is 28.2. The smallest absolute Gasteiger partial charge is 0.254 e. The summed E-state index contributed by atoms with van der Waals surface area (Å²) in [6.07, 6.45) is 4.41. The Balaban J connectivity index is 1.56. The van der Waals surface area contributed by atoms with E-state index in [1.807, 2.05) is 42.6 Å². The van der Waals surface area contributed by atoms with E-state index in [4.69, 9.17) is 23.2 Å². The SMILES string of the molecule is CCCCN(CC(=O)N(CCc1c[nH]c2ccccc12)Cc1ccc(Cl)c(Cl)c1)C(=O)c1ccc(Br)cc1. The number of carbonyl (C=O) groups excluding carboxylic acids is 2. The number of unbranched alkanes of at least 4 members (excludes halogenated alkanes) is 1. The molecule has 4 rings (SSSR count). The van der Waals surface area contributed by atoms with Crippen molar-refractivity contribution in [2.45, 2.75) is 32.7 Å². The molecule has 198 valence electrons. The molecule has 0 radical (unpaired) electrons. The summed E-state index contributed by atoms with van der Waals surface area (Å²) in [5.74, 6) is -0.261. The van der Waals surface area contributed by atoms with Gasteiger partial charge in [-0.1, -0.05) is 76.7 Å². The maximum absolute atomic E-state index is 13.7. The van der Waals surface area contributed by atoms with Crippen molar-refractivity contribution in [3.63, 3.8) is 0 Å². The molecule has 8 heteroatoms. The number of rotatable bonds is 11. The van der Waals surface area contributed by atoms with Gasteiger partial charge < -0.3 is 14.8 Å². The predicted molar refractivity (Wildman–Crippen MR) is 159 cm³/mol. The van der Waals surface area contributed by atoms with E-state index in [1.165, 1.54) is 0 Å². The van der Waals surface area contributed by atoms with Crippen LogP contribution in [-0.2, 0) is 17.8 Å². The van der Waals surface area contributed by atoms with Gasteiger partial charge in [0.25, 0.3) is 5.91 Å². The number of amides is 2. The molecule has 5 nitrogen and oxygen atoms in total. The van der Waals surface area contributed by atoms with Crippen LogP contribution in [0.5, 0.6) is 0 Å². The lowest BCUT2D eigenvalue weighted by Gasteiger charge is -2.28. The first-order chi connectivity index (χ1) is 18.4. The Morgan fingerprint density at radius 1 is 0.921 bits per heavy atom. The molecule has 3 aromatic carbocycles. The molecule has 2 amide bonds. The van der Waals surface area contributed by atoms with Gasteiger partial charge in [0.15, 0.2) is 0 Å². The standard InChI is InChI=1S/C30H30BrCl2N3O2/c1-2-3-15-36(30(38)22-9-11-24(31)12-10-22)20-29(37)35(19-21-8-13-26(32)27(33)17-21)16-14-23-18-34-28-7-5-4-6-25(23)28/h4-13,17-18,34H,2-3,14-16,19-20H2,1H3. The molecule has 0 fully saturated rings. The van der Waals surface area contributed by atoms with E-state index < -0.39 is 0 Å². The van der Waals surface area contributed by atoms with E-state index in [9.17, 15) is 9.59 Å². The fourth-order valence-corrected chi connectivity index (χ4v) is 4.97. The lowest BCUT2D eigenvalue weighted by atomic mass is 10.1. The van der Waals surface area contributed by atoms with Crippen LogP contribution in [0.15, 0.2) is 77.4 Å². The molecule has 0 bridgehead atoms. The summed E-state index contributed by atoms with van der Waals surface area (Å²) in [5, 5.41) is 2.06. The minimum absolute atomic E-state index is 0.00407. The summed E-state index contributed by atoms with van der Waals surface area (Å²) >= 11 is 15.8. The van der Waals surface area contributed by atoms with Crippen molar-refractivity contribution in [1.82, 2.24) is 14.8 Å². The number of benzene rings is 3. The molecule has 0 aliphatic heterocycles. The second kappa shape index (κ2) is 13.3. The average Bonchev–Trinajstić information content (AvgIpc) is 3.34. The zero-order valence-corrected chi connectivity index (χ0v) is 24.3. The van der Waals surface area contributed by atoms with Gasteiger partial charge in [-0.15, -0.1) is 0 Å². The highest BCUT2D eigenvalue weighted by Gasteiger charge is 2.23. The number of aromatic amines is 1. The Bertz CT molecular complexity index is 1400. The summed E-state index contributed by atoms with van der Waals surface area (Å²) < 4.78 is 0.898. The normalized spacial score (nSPS) is 11.1. The first-order valence-electron chi connectivity index (χ1n) is 12.7. The maximum atomic E-state index is 13.7. The molecule has 0 atom stereocenters. The van der Waals surface area contributed by atoms with Gasteiger partial charge >= 0.3 is 0 Å². The van der Waals surface area contributed by atoms with Crippen molar-refractivity contribution >= 4 is 61.8 Å². The molecule has 0 aliphatic rings. The quantitative estimate of drug-likeness (QED) is 0.188. The van der Waals surface area contributed by atoms with Gasteiger partial charge in [0, 0.05) is 46.8 Å². The molecular formula is C30H30BrCl2N3O2. The minimum atomic E-state index is -0.148. The molecule has 1 heterocycles. The van der Waals surface area contributed by atoms with Crippen LogP contribution in [0.25, 0.3) is 10.9 Å². The topological polar surface area (TPSA) is 56.4 Å². The number of carbonyl (C=O) groups is 2. The zero-order valence-electron chi connectivity index (χ0n) is 21.2. The van der Waals surface area contributed by atoms with Crippen LogP contribution in [0.4, 0.5) is 0 Å². The maximum Gasteiger partial charge on any atom is 0.254 e. The lowest BCUT2D eigenvalue weighted by molar-refractivity contribution is -0.132. The fourth-order valence-electron chi connectivity index (χ4n) is 4.38. The Hall–Kier alpha value is -2.80. The number of aromatic nitrogens is 1. The van der Waals surface area contributed by atoms with Crippen LogP contribution in [0.2, 0.25) is 10.0 Å². The van der Waals surface area contributed by atoms with E-state index in [-0.39, 0.29) is 18.4 Å². The summed E-state index contributed by atoms with van der Waals surface area (Å²) in [6.45, 7) is 3.45. The number of para-hydroxylation sites is 1. The van der Waals surface area contributed by atoms with Crippen LogP contribution in [0.1, 0.15) is 41.3 Å². The van der Waals surface area contributed by atoms with Crippen LogP contribution in [0.3, 0.4) is 0 Å². The highest BCUT2D eigenvalue weighted by atomic mass is 79.9. The molecule has 1 aromatic heterocycles. The zero-order chi connectivity index (χ0) is 27.1. The molecular weight excluding hydrogens is 585 g/mol. The van der Waals surface area contributed by atoms with E-state index in [2.05, 4.69) is 33.9 Å². The predicted octanol–water partition coefficient (Wildman–Crippen LogP) is 7.75. The molecule has 38 heavy (non-hydrogen) atoms. The molecule has 4 aromatic rings. The molecule has 0 spiro atoms. The van der Waals surface area contributed by atoms with Crippen molar-refractivity contribution in [2.75, 3.05) is 19.6 Å². The number of nitrogens with zero attached hydrogens (tertiary/aromatic N) is 2. The third kappa shape index (κ3) is 7.19. The minimum Gasteiger partial charge on any atom is -0.361 e. The second-order valence-electron chi connectivity index (χ2n) is 9.26. The van der Waals surface area contributed by atoms with Crippen molar-refractivity contribution in [1.29, 1.82) is 0 Å². The van der Waals surface area contributed by atoms with E-state index >= 15 is 0 Å². The van der Waals surface area contributed by atoms with E-state index in [1.54, 1.807) is 34.1 Å². The van der Waals surface area contributed by atoms with Gasteiger partial charge in [-0.25, -0.2) is 0 Å². The summed E-state index contributed by atoms with van der Waals surface area (Å²) in [4.78, 5) is 33.9. The lowest BCUT2D eigenvalue weighted by Crippen LogP contribution is -2.43. The third-order valence-corrected chi connectivity index (χ3v) is 7.79. The number of H-pyrrole nitrogens is 1. The molecule has 0 unspecified atom stereocenters. The second-order valence-corrected chi connectivity index (χ2v) is 11.0. The largest absolute Gasteiger partial charge is 0.361 e. The molecule has 0 saturated heterocycles. The van der Waals surface area contributed by atoms with Crippen LogP contribution in [0, 0.1) is 0 Å². The highest BCUT2D eigenvalue weighted by molar-refractivity contribution is 9.10.